The molecule has 0 saturated heterocycles. The second-order valence-electron chi connectivity index (χ2n) is 13.8. The highest BCUT2D eigenvalue weighted by molar-refractivity contribution is 8.14. The molecule has 46 heavy (non-hydrogen) atoms. The van der Waals surface area contributed by atoms with E-state index < -0.39 is 23.7 Å². The Balaban J connectivity index is 1.69. The van der Waals surface area contributed by atoms with Crippen LogP contribution in [0.15, 0.2) is 22.5 Å². The van der Waals surface area contributed by atoms with Gasteiger partial charge in [0.1, 0.15) is 33.4 Å². The summed E-state index contributed by atoms with van der Waals surface area (Å²) in [7, 11) is 0. The molecule has 1 aromatic rings. The standard InChI is InChI=1S/C34H52N4O5S3/c1-8-9-10-11-12-13-28(40)45-19-23(4)17-33(5,6)15-14-24-16-26(39)35-18-27-36-25(20-44-27)30-38-34(7,21-46-30)32(42)37-29(22(2)3)31(41)43-24/h14-15,20,22-24,29H,8-13,16-19,21H2,1-7H3,(H,35,39)(H,37,42)/b15-14+/t23?,24?,29?,34-/m0/s1. The molecule has 0 fully saturated rings. The summed E-state index contributed by atoms with van der Waals surface area (Å²) in [5.74, 6) is 0.0252. The lowest BCUT2D eigenvalue weighted by atomic mass is 9.83. The Morgan fingerprint density at radius 1 is 1.20 bits per heavy atom. The van der Waals surface area contributed by atoms with E-state index in [1.165, 1.54) is 54.1 Å². The number of carbonyl (C=O) groups excluding carboxylic acids is 4. The topological polar surface area (TPSA) is 127 Å². The zero-order valence-electron chi connectivity index (χ0n) is 28.5. The average molecular weight is 693 g/mol. The Bertz CT molecular complexity index is 1280. The molecule has 3 unspecified atom stereocenters. The Kier molecular flexibility index (Phi) is 14.8. The van der Waals surface area contributed by atoms with Crippen LogP contribution >= 0.6 is 34.9 Å². The summed E-state index contributed by atoms with van der Waals surface area (Å²) in [6, 6.07) is -0.902. The number of amides is 2. The van der Waals surface area contributed by atoms with Crippen molar-refractivity contribution >= 4 is 62.8 Å². The maximum atomic E-state index is 13.5. The highest BCUT2D eigenvalue weighted by atomic mass is 32.2. The van der Waals surface area contributed by atoms with E-state index in [0.29, 0.717) is 28.8 Å². The number of esters is 1. The highest BCUT2D eigenvalue weighted by Crippen LogP contribution is 2.33. The van der Waals surface area contributed by atoms with Crippen LogP contribution in [0.1, 0.15) is 111 Å². The number of thioether (sulfide) groups is 2. The van der Waals surface area contributed by atoms with Gasteiger partial charge in [-0.05, 0) is 43.1 Å². The fraction of sp³-hybridized carbons (Fsp3) is 0.706. The van der Waals surface area contributed by atoms with Crippen molar-refractivity contribution < 1.29 is 23.9 Å². The second kappa shape index (κ2) is 17.8. The predicted octanol–water partition coefficient (Wildman–Crippen LogP) is 6.70. The quantitative estimate of drug-likeness (QED) is 0.133. The third-order valence-electron chi connectivity index (χ3n) is 8.05. The van der Waals surface area contributed by atoms with E-state index in [1.54, 1.807) is 13.0 Å². The fourth-order valence-corrected chi connectivity index (χ4v) is 8.21. The lowest BCUT2D eigenvalue weighted by molar-refractivity contribution is -0.153. The van der Waals surface area contributed by atoms with Crippen molar-refractivity contribution in [3.05, 3.63) is 28.2 Å². The number of cyclic esters (lactones) is 1. The van der Waals surface area contributed by atoms with Crippen LogP contribution in [0.4, 0.5) is 0 Å². The minimum absolute atomic E-state index is 0.0618. The lowest BCUT2D eigenvalue weighted by Crippen LogP contribution is -2.53. The highest BCUT2D eigenvalue weighted by Gasteiger charge is 2.41. The molecule has 3 rings (SSSR count). The lowest BCUT2D eigenvalue weighted by Gasteiger charge is -2.28. The minimum Gasteiger partial charge on any atom is -0.456 e. The Morgan fingerprint density at radius 3 is 2.65 bits per heavy atom. The molecule has 2 N–H and O–H groups in total. The molecule has 0 aliphatic carbocycles. The molecule has 0 aromatic carbocycles. The number of unbranched alkanes of at least 4 members (excludes halogenated alkanes) is 4. The van der Waals surface area contributed by atoms with Crippen molar-refractivity contribution in [2.24, 2.45) is 22.2 Å². The van der Waals surface area contributed by atoms with Gasteiger partial charge < -0.3 is 15.4 Å². The summed E-state index contributed by atoms with van der Waals surface area (Å²) in [4.78, 5) is 61.7. The number of thiazole rings is 1. The largest absolute Gasteiger partial charge is 0.456 e. The summed E-state index contributed by atoms with van der Waals surface area (Å²) >= 11 is 4.30. The number of ether oxygens (including phenoxy) is 1. The van der Waals surface area contributed by atoms with Crippen LogP contribution in [-0.4, -0.2) is 62.1 Å². The van der Waals surface area contributed by atoms with Crippen LogP contribution in [0.5, 0.6) is 0 Å². The zero-order chi connectivity index (χ0) is 33.9. The molecule has 256 valence electrons. The first-order valence-corrected chi connectivity index (χ1v) is 19.4. The van der Waals surface area contributed by atoms with Gasteiger partial charge in [0, 0.05) is 23.3 Å². The van der Waals surface area contributed by atoms with Crippen LogP contribution in [0.3, 0.4) is 0 Å². The van der Waals surface area contributed by atoms with Gasteiger partial charge in [-0.15, -0.1) is 23.1 Å². The molecule has 12 heteroatoms. The van der Waals surface area contributed by atoms with Gasteiger partial charge >= 0.3 is 5.97 Å². The molecule has 0 saturated carbocycles. The molecule has 9 nitrogen and oxygen atoms in total. The van der Waals surface area contributed by atoms with E-state index in [-0.39, 0.29) is 41.2 Å². The Morgan fingerprint density at radius 2 is 1.93 bits per heavy atom. The number of carbonyl (C=O) groups is 4. The second-order valence-corrected chi connectivity index (χ2v) is 16.7. The first-order chi connectivity index (χ1) is 21.7. The van der Waals surface area contributed by atoms with Crippen molar-refractivity contribution in [2.75, 3.05) is 11.5 Å². The third kappa shape index (κ3) is 12.1. The number of nitrogens with zero attached hydrogens (tertiary/aromatic N) is 2. The molecule has 2 aliphatic rings. The number of rotatable bonds is 13. The van der Waals surface area contributed by atoms with Gasteiger partial charge in [-0.3, -0.25) is 19.4 Å². The van der Waals surface area contributed by atoms with E-state index in [9.17, 15) is 19.2 Å². The van der Waals surface area contributed by atoms with Crippen LogP contribution in [-0.2, 0) is 30.5 Å². The van der Waals surface area contributed by atoms with Crippen molar-refractivity contribution in [2.45, 2.75) is 124 Å². The fourth-order valence-electron chi connectivity index (χ4n) is 5.40. The Labute approximate surface area is 287 Å². The molecule has 1 aromatic heterocycles. The maximum absolute atomic E-state index is 13.5. The van der Waals surface area contributed by atoms with Gasteiger partial charge in [0.15, 0.2) is 5.12 Å². The molecule has 3 heterocycles. The molecule has 2 amide bonds. The van der Waals surface area contributed by atoms with E-state index in [1.807, 2.05) is 25.3 Å². The smallest absolute Gasteiger partial charge is 0.329 e. The first kappa shape index (κ1) is 38.3. The van der Waals surface area contributed by atoms with E-state index >= 15 is 0 Å². The summed E-state index contributed by atoms with van der Waals surface area (Å²) in [5.41, 5.74) is -0.625. The number of aromatic nitrogens is 1. The number of allylic oxidation sites excluding steroid dienone is 1. The van der Waals surface area contributed by atoms with Gasteiger partial charge in [0.05, 0.1) is 13.0 Å². The summed E-state index contributed by atoms with van der Waals surface area (Å²) in [6.45, 7) is 14.2. The summed E-state index contributed by atoms with van der Waals surface area (Å²) in [6.07, 6.45) is 10.0. The average Bonchev–Trinajstić information content (AvgIpc) is 3.63. The van der Waals surface area contributed by atoms with Crippen molar-refractivity contribution in [3.63, 3.8) is 0 Å². The van der Waals surface area contributed by atoms with Crippen molar-refractivity contribution in [1.82, 2.24) is 15.6 Å². The number of hydrogen-bond acceptors (Lipinski definition) is 10. The van der Waals surface area contributed by atoms with Gasteiger partial charge in [-0.1, -0.05) is 85.1 Å². The first-order valence-electron chi connectivity index (χ1n) is 16.5. The summed E-state index contributed by atoms with van der Waals surface area (Å²) in [5, 5.41) is 9.34. The Hall–Kier alpha value is -2.18. The van der Waals surface area contributed by atoms with E-state index in [4.69, 9.17) is 9.73 Å². The zero-order valence-corrected chi connectivity index (χ0v) is 30.9. The van der Waals surface area contributed by atoms with Crippen LogP contribution in [0, 0.1) is 17.3 Å². The van der Waals surface area contributed by atoms with Gasteiger partial charge in [0.25, 0.3) is 0 Å². The normalized spacial score (nSPS) is 23.7. The van der Waals surface area contributed by atoms with Crippen LogP contribution < -0.4 is 10.6 Å². The van der Waals surface area contributed by atoms with Gasteiger partial charge in [-0.25, -0.2) is 9.78 Å². The maximum Gasteiger partial charge on any atom is 0.329 e. The van der Waals surface area contributed by atoms with Crippen molar-refractivity contribution in [1.29, 1.82) is 0 Å². The van der Waals surface area contributed by atoms with Crippen LogP contribution in [0.25, 0.3) is 0 Å². The van der Waals surface area contributed by atoms with Crippen molar-refractivity contribution in [3.8, 4) is 0 Å². The SMILES string of the molecule is CCCCCCCC(=O)SCC(C)CC(C)(C)/C=C/C1CC(=O)NCc2nc(cs2)C2=N[C@@](C)(CS2)C(=O)NC(C(C)C)C(=O)O1. The number of nitrogens with one attached hydrogen (secondary N) is 2. The molecule has 0 radical (unpaired) electrons. The number of hydrogen-bond donors (Lipinski definition) is 2. The predicted molar refractivity (Wildman–Crippen MR) is 190 cm³/mol. The molecule has 0 spiro atoms. The monoisotopic (exact) mass is 692 g/mol. The molecular weight excluding hydrogens is 641 g/mol. The van der Waals surface area contributed by atoms with E-state index in [0.717, 1.165) is 30.0 Å². The number of fused-ring (bicyclic) bond motifs is 4. The third-order valence-corrected chi connectivity index (χ3v) is 11.4. The van der Waals surface area contributed by atoms with Crippen LogP contribution in [0.2, 0.25) is 0 Å². The molecule has 4 bridgehead atoms. The number of aliphatic imine (C=N–C) groups is 1. The summed E-state index contributed by atoms with van der Waals surface area (Å²) < 4.78 is 5.92. The minimum atomic E-state index is -1.04. The molecule has 4 atom stereocenters. The molecule has 2 aliphatic heterocycles. The van der Waals surface area contributed by atoms with E-state index in [2.05, 4.69) is 43.3 Å². The van der Waals surface area contributed by atoms with Gasteiger partial charge in [0.2, 0.25) is 11.8 Å². The molecular formula is C34H52N4O5S3. The van der Waals surface area contributed by atoms with Gasteiger partial charge in [-0.2, -0.15) is 0 Å².